The molecule has 2 aliphatic rings. The van der Waals surface area contributed by atoms with Gasteiger partial charge in [0, 0.05) is 25.1 Å². The fraction of sp³-hybridized carbons (Fsp3) is 0.500. The van der Waals surface area contributed by atoms with E-state index >= 15 is 0 Å². The van der Waals surface area contributed by atoms with Gasteiger partial charge < -0.3 is 19.9 Å². The molecule has 4 heteroatoms. The Morgan fingerprint density at radius 3 is 2.94 bits per heavy atom. The van der Waals surface area contributed by atoms with Crippen LogP contribution in [0.3, 0.4) is 0 Å². The third-order valence-corrected chi connectivity index (χ3v) is 3.36. The van der Waals surface area contributed by atoms with Gasteiger partial charge in [0.05, 0.1) is 13.2 Å². The molecule has 0 aliphatic carbocycles. The van der Waals surface area contributed by atoms with Crippen LogP contribution in [0.4, 0.5) is 0 Å². The number of methoxy groups -OCH3 is 1. The monoisotopic (exact) mass is 221 g/mol. The number of nitrogens with one attached hydrogen (secondary N) is 1. The molecule has 0 bridgehead atoms. The second kappa shape index (κ2) is 3.37. The lowest BCUT2D eigenvalue weighted by Gasteiger charge is -2.47. The van der Waals surface area contributed by atoms with Gasteiger partial charge in [0.15, 0.2) is 0 Å². The Morgan fingerprint density at radius 2 is 2.31 bits per heavy atom. The summed E-state index contributed by atoms with van der Waals surface area (Å²) in [6.45, 7) is 1.63. The Morgan fingerprint density at radius 1 is 1.50 bits per heavy atom. The van der Waals surface area contributed by atoms with Crippen molar-refractivity contribution in [2.75, 3.05) is 20.2 Å². The minimum Gasteiger partial charge on any atom is -0.497 e. The fourth-order valence-corrected chi connectivity index (χ4v) is 2.36. The third kappa shape index (κ3) is 1.37. The van der Waals surface area contributed by atoms with Crippen LogP contribution in [0.25, 0.3) is 0 Å². The maximum atomic E-state index is 10.1. The first kappa shape index (κ1) is 9.93. The van der Waals surface area contributed by atoms with Crippen molar-refractivity contribution in [3.8, 4) is 11.5 Å². The molecule has 0 radical (unpaired) electrons. The maximum Gasteiger partial charge on any atom is 0.136 e. The molecule has 0 aromatic heterocycles. The van der Waals surface area contributed by atoms with E-state index in [4.69, 9.17) is 9.47 Å². The van der Waals surface area contributed by atoms with E-state index in [2.05, 4.69) is 5.32 Å². The van der Waals surface area contributed by atoms with E-state index in [1.54, 1.807) is 7.11 Å². The van der Waals surface area contributed by atoms with Crippen LogP contribution in [0.15, 0.2) is 18.2 Å². The molecule has 3 rings (SSSR count). The van der Waals surface area contributed by atoms with E-state index in [0.717, 1.165) is 30.2 Å². The second-order valence-corrected chi connectivity index (χ2v) is 4.51. The van der Waals surface area contributed by atoms with E-state index < -0.39 is 6.10 Å². The van der Waals surface area contributed by atoms with Crippen LogP contribution in [0.1, 0.15) is 18.1 Å². The van der Waals surface area contributed by atoms with Gasteiger partial charge in [0.25, 0.3) is 0 Å². The van der Waals surface area contributed by atoms with E-state index in [0.29, 0.717) is 6.42 Å². The summed E-state index contributed by atoms with van der Waals surface area (Å²) in [6.07, 6.45) is 0.195. The van der Waals surface area contributed by atoms with E-state index in [1.807, 2.05) is 18.2 Å². The van der Waals surface area contributed by atoms with Crippen molar-refractivity contribution in [3.63, 3.8) is 0 Å². The zero-order valence-corrected chi connectivity index (χ0v) is 9.19. The van der Waals surface area contributed by atoms with Crippen molar-refractivity contribution in [2.24, 2.45) is 0 Å². The van der Waals surface area contributed by atoms with Gasteiger partial charge in [-0.2, -0.15) is 0 Å². The Balaban J connectivity index is 1.97. The lowest BCUT2D eigenvalue weighted by molar-refractivity contribution is -0.0483. The first-order valence-corrected chi connectivity index (χ1v) is 5.48. The number of fused-ring (bicyclic) bond motifs is 1. The highest BCUT2D eigenvalue weighted by Crippen LogP contribution is 2.42. The first-order chi connectivity index (χ1) is 7.72. The number of hydrogen-bond acceptors (Lipinski definition) is 4. The lowest BCUT2D eigenvalue weighted by Crippen LogP contribution is -2.64. The molecular weight excluding hydrogens is 206 g/mol. The normalized spacial score (nSPS) is 25.5. The van der Waals surface area contributed by atoms with E-state index in [-0.39, 0.29) is 5.60 Å². The Hall–Kier alpha value is -1.26. The quantitative estimate of drug-likeness (QED) is 0.738. The summed E-state index contributed by atoms with van der Waals surface area (Å²) in [5, 5.41) is 13.3. The molecular formula is C12H15NO3. The van der Waals surface area contributed by atoms with Gasteiger partial charge in [-0.05, 0) is 18.2 Å². The van der Waals surface area contributed by atoms with Gasteiger partial charge in [-0.15, -0.1) is 0 Å². The number of aliphatic hydroxyl groups is 1. The molecule has 0 unspecified atom stereocenters. The fourth-order valence-electron chi connectivity index (χ4n) is 2.36. The first-order valence-electron chi connectivity index (χ1n) is 5.48. The van der Waals surface area contributed by atoms with Crippen molar-refractivity contribution in [1.82, 2.24) is 5.32 Å². The smallest absolute Gasteiger partial charge is 0.136 e. The highest BCUT2D eigenvalue weighted by Gasteiger charge is 2.45. The SMILES string of the molecule is COc1ccc2c(c1)[C@@H](O)CC1(CNC1)O2. The molecule has 2 N–H and O–H groups in total. The average molecular weight is 221 g/mol. The molecule has 4 nitrogen and oxygen atoms in total. The summed E-state index contributed by atoms with van der Waals surface area (Å²) in [4.78, 5) is 0. The largest absolute Gasteiger partial charge is 0.497 e. The number of hydrogen-bond donors (Lipinski definition) is 2. The molecule has 16 heavy (non-hydrogen) atoms. The molecule has 2 aliphatic heterocycles. The van der Waals surface area contributed by atoms with Crippen molar-refractivity contribution in [3.05, 3.63) is 23.8 Å². The summed E-state index contributed by atoms with van der Waals surface area (Å²) in [6, 6.07) is 5.58. The molecule has 2 heterocycles. The Kier molecular flexibility index (Phi) is 2.09. The van der Waals surface area contributed by atoms with Crippen molar-refractivity contribution < 1.29 is 14.6 Å². The summed E-state index contributed by atoms with van der Waals surface area (Å²) in [5.41, 5.74) is 0.637. The third-order valence-electron chi connectivity index (χ3n) is 3.36. The van der Waals surface area contributed by atoms with E-state index in [9.17, 15) is 5.11 Å². The number of aliphatic hydroxyl groups excluding tert-OH is 1. The van der Waals surface area contributed by atoms with Gasteiger partial charge in [-0.25, -0.2) is 0 Å². The zero-order chi connectivity index (χ0) is 11.2. The summed E-state index contributed by atoms with van der Waals surface area (Å²) < 4.78 is 11.1. The van der Waals surface area contributed by atoms with Gasteiger partial charge >= 0.3 is 0 Å². The molecule has 0 saturated carbocycles. The second-order valence-electron chi connectivity index (χ2n) is 4.51. The molecule has 1 aromatic rings. The van der Waals surface area contributed by atoms with E-state index in [1.165, 1.54) is 0 Å². The number of ether oxygens (including phenoxy) is 2. The minimum absolute atomic E-state index is 0.193. The van der Waals surface area contributed by atoms with Crippen molar-refractivity contribution in [2.45, 2.75) is 18.1 Å². The topological polar surface area (TPSA) is 50.7 Å². The lowest BCUT2D eigenvalue weighted by atomic mass is 9.84. The van der Waals surface area contributed by atoms with Crippen molar-refractivity contribution >= 4 is 0 Å². The summed E-state index contributed by atoms with van der Waals surface area (Å²) >= 11 is 0. The number of benzene rings is 1. The molecule has 86 valence electrons. The Bertz CT molecular complexity index is 415. The van der Waals surface area contributed by atoms with Gasteiger partial charge in [-0.1, -0.05) is 0 Å². The van der Waals surface area contributed by atoms with Crippen LogP contribution in [-0.4, -0.2) is 30.9 Å². The highest BCUT2D eigenvalue weighted by atomic mass is 16.5. The Labute approximate surface area is 94.2 Å². The highest BCUT2D eigenvalue weighted by molar-refractivity contribution is 5.44. The molecule has 1 saturated heterocycles. The summed E-state index contributed by atoms with van der Waals surface area (Å²) in [5.74, 6) is 1.53. The predicted molar refractivity (Wildman–Crippen MR) is 58.8 cm³/mol. The van der Waals surface area contributed by atoms with Crippen LogP contribution in [0.2, 0.25) is 0 Å². The van der Waals surface area contributed by atoms with Gasteiger partial charge in [0.2, 0.25) is 0 Å². The average Bonchev–Trinajstić information content (AvgIpc) is 2.26. The maximum absolute atomic E-state index is 10.1. The van der Waals surface area contributed by atoms with Crippen LogP contribution in [0, 0.1) is 0 Å². The number of rotatable bonds is 1. The van der Waals surface area contributed by atoms with Crippen LogP contribution in [-0.2, 0) is 0 Å². The van der Waals surface area contributed by atoms with Crippen LogP contribution < -0.4 is 14.8 Å². The minimum atomic E-state index is -0.457. The molecule has 0 amide bonds. The zero-order valence-electron chi connectivity index (χ0n) is 9.19. The van der Waals surface area contributed by atoms with Gasteiger partial charge in [-0.3, -0.25) is 0 Å². The van der Waals surface area contributed by atoms with Crippen LogP contribution in [0.5, 0.6) is 11.5 Å². The molecule has 1 atom stereocenters. The molecule has 1 fully saturated rings. The molecule has 1 aromatic carbocycles. The van der Waals surface area contributed by atoms with Crippen LogP contribution >= 0.6 is 0 Å². The standard InChI is InChI=1S/C12H15NO3/c1-15-8-2-3-11-9(4-8)10(14)5-12(16-11)6-13-7-12/h2-4,10,13-14H,5-7H2,1H3/t10-/m0/s1. The summed E-state index contributed by atoms with van der Waals surface area (Å²) in [7, 11) is 1.62. The predicted octanol–water partition coefficient (Wildman–Crippen LogP) is 0.853. The van der Waals surface area contributed by atoms with Crippen molar-refractivity contribution in [1.29, 1.82) is 0 Å². The molecule has 1 spiro atoms. The van der Waals surface area contributed by atoms with Gasteiger partial charge in [0.1, 0.15) is 17.1 Å².